The van der Waals surface area contributed by atoms with Crippen LogP contribution in [0.3, 0.4) is 0 Å². The van der Waals surface area contributed by atoms with Crippen molar-refractivity contribution in [2.75, 3.05) is 16.0 Å². The van der Waals surface area contributed by atoms with E-state index in [9.17, 15) is 14.7 Å². The third kappa shape index (κ3) is 9.50. The number of unbranched alkanes of at least 4 members (excludes halogenated alkanes) is 3. The smallest absolute Gasteiger partial charge is 0.323 e. The van der Waals surface area contributed by atoms with Crippen molar-refractivity contribution in [2.45, 2.75) is 65.9 Å². The number of hydrogen-bond donors (Lipinski definition) is 4. The summed E-state index contributed by atoms with van der Waals surface area (Å²) in [6.07, 6.45) is 3.64. The Morgan fingerprint density at radius 1 is 0.804 bits per heavy atom. The number of urea groups is 1. The molecule has 0 fully saturated rings. The number of nitrogens with zero attached hydrogens (tertiary/aromatic N) is 1. The van der Waals surface area contributed by atoms with Crippen LogP contribution in [0.15, 0.2) is 78.9 Å². The van der Waals surface area contributed by atoms with Crippen molar-refractivity contribution in [1.29, 1.82) is 5.26 Å². The lowest BCUT2D eigenvalue weighted by Crippen LogP contribution is -2.33. The number of phenolic OH excluding ortho intramolecular Hbond substituents is 1. The van der Waals surface area contributed by atoms with Crippen LogP contribution in [0.2, 0.25) is 0 Å². The van der Waals surface area contributed by atoms with E-state index >= 15 is 0 Å². The summed E-state index contributed by atoms with van der Waals surface area (Å²) >= 11 is 0. The molecule has 0 aliphatic rings. The fourth-order valence-electron chi connectivity index (χ4n) is 4.79. The number of phenols is 1. The fourth-order valence-corrected chi connectivity index (χ4v) is 4.79. The molecule has 9 nitrogen and oxygen atoms in total. The van der Waals surface area contributed by atoms with Gasteiger partial charge in [0.25, 0.3) is 5.91 Å². The Labute approximate surface area is 270 Å². The molecule has 0 aromatic heterocycles. The van der Waals surface area contributed by atoms with Crippen molar-refractivity contribution >= 4 is 29.0 Å². The number of carbonyl (C=O) groups excluding carboxylic acids is 2. The van der Waals surface area contributed by atoms with Gasteiger partial charge in [-0.15, -0.1) is 0 Å². The number of anilines is 3. The Bertz CT molecular complexity index is 1700. The van der Waals surface area contributed by atoms with E-state index in [4.69, 9.17) is 14.7 Å². The maximum Gasteiger partial charge on any atom is 0.323 e. The van der Waals surface area contributed by atoms with Gasteiger partial charge in [-0.25, -0.2) is 4.79 Å². The predicted molar refractivity (Wildman–Crippen MR) is 181 cm³/mol. The Morgan fingerprint density at radius 2 is 1.52 bits per heavy atom. The quantitative estimate of drug-likeness (QED) is 0.0871. The topological polar surface area (TPSA) is 133 Å². The lowest BCUT2D eigenvalue weighted by molar-refractivity contribution is -0.123. The van der Waals surface area contributed by atoms with Gasteiger partial charge >= 0.3 is 6.03 Å². The first-order valence-electron chi connectivity index (χ1n) is 15.4. The van der Waals surface area contributed by atoms with Crippen molar-refractivity contribution in [3.05, 3.63) is 101 Å². The van der Waals surface area contributed by atoms with Crippen molar-refractivity contribution in [3.8, 4) is 29.1 Å². The van der Waals surface area contributed by atoms with Crippen molar-refractivity contribution < 1.29 is 24.2 Å². The molecule has 0 aliphatic carbocycles. The Morgan fingerprint density at radius 3 is 2.20 bits per heavy atom. The minimum absolute atomic E-state index is 0.0638. The maximum absolute atomic E-state index is 13.8. The van der Waals surface area contributed by atoms with Gasteiger partial charge in [0.15, 0.2) is 11.9 Å². The molecule has 1 atom stereocenters. The van der Waals surface area contributed by atoms with Crippen LogP contribution < -0.4 is 25.4 Å². The van der Waals surface area contributed by atoms with E-state index in [2.05, 4.69) is 22.9 Å². The number of nitrogens with one attached hydrogen (secondary N) is 3. The molecule has 0 radical (unpaired) electrons. The summed E-state index contributed by atoms with van der Waals surface area (Å²) in [6, 6.07) is 23.8. The van der Waals surface area contributed by atoms with E-state index in [1.165, 1.54) is 12.1 Å². The zero-order valence-corrected chi connectivity index (χ0v) is 26.6. The monoisotopic (exact) mass is 620 g/mol. The number of benzene rings is 4. The predicted octanol–water partition coefficient (Wildman–Crippen LogP) is 8.98. The highest BCUT2D eigenvalue weighted by molar-refractivity contribution is 6.02. The second kappa shape index (κ2) is 16.0. The molecule has 0 saturated carbocycles. The van der Waals surface area contributed by atoms with Crippen LogP contribution in [0.1, 0.15) is 61.3 Å². The molecule has 0 bridgehead atoms. The van der Waals surface area contributed by atoms with E-state index < -0.39 is 12.1 Å². The van der Waals surface area contributed by atoms with Crippen molar-refractivity contribution in [3.63, 3.8) is 0 Å². The second-order valence-corrected chi connectivity index (χ2v) is 11.3. The van der Waals surface area contributed by atoms with Gasteiger partial charge in [0, 0.05) is 17.8 Å². The summed E-state index contributed by atoms with van der Waals surface area (Å²) in [5.74, 6) is 0.676. The van der Waals surface area contributed by atoms with Crippen LogP contribution in [0, 0.1) is 32.1 Å². The number of ether oxygens (including phenoxy) is 2. The molecule has 0 aliphatic heterocycles. The summed E-state index contributed by atoms with van der Waals surface area (Å²) in [6.45, 7) is 8.04. The average Bonchev–Trinajstić information content (AvgIpc) is 3.03. The fraction of sp³-hybridized carbons (Fsp3) is 0.270. The van der Waals surface area contributed by atoms with E-state index in [0.29, 0.717) is 29.2 Å². The number of rotatable bonds is 13. The SMILES string of the molecule is CCCCCCC(Oc1ccc(C)cc1C)C(=O)Nc1cc(O)c(NC(=O)Nc2ccc(C#N)cc2)cc1Oc1ccc(C)cc1. The minimum Gasteiger partial charge on any atom is -0.506 e. The van der Waals surface area contributed by atoms with Crippen LogP contribution in [-0.4, -0.2) is 23.1 Å². The summed E-state index contributed by atoms with van der Waals surface area (Å²) in [4.78, 5) is 26.5. The molecule has 238 valence electrons. The molecular weight excluding hydrogens is 580 g/mol. The minimum atomic E-state index is -0.788. The first-order valence-corrected chi connectivity index (χ1v) is 15.4. The molecule has 0 saturated heterocycles. The molecule has 3 amide bonds. The molecule has 4 rings (SSSR count). The van der Waals surface area contributed by atoms with Gasteiger partial charge < -0.3 is 30.5 Å². The molecule has 0 spiro atoms. The van der Waals surface area contributed by atoms with Gasteiger partial charge in [-0.05, 0) is 81.6 Å². The van der Waals surface area contributed by atoms with Gasteiger partial charge in [-0.2, -0.15) is 5.26 Å². The summed E-state index contributed by atoms with van der Waals surface area (Å²) < 4.78 is 12.4. The van der Waals surface area contributed by atoms with Crippen LogP contribution in [0.4, 0.5) is 21.9 Å². The van der Waals surface area contributed by atoms with Gasteiger partial charge in [0.2, 0.25) is 0 Å². The Hall–Kier alpha value is -5.49. The van der Waals surface area contributed by atoms with Crippen LogP contribution in [0.5, 0.6) is 23.0 Å². The Balaban J connectivity index is 1.60. The molecule has 4 aromatic carbocycles. The van der Waals surface area contributed by atoms with E-state index in [1.54, 1.807) is 36.4 Å². The number of aromatic hydroxyl groups is 1. The lowest BCUT2D eigenvalue weighted by Gasteiger charge is -2.22. The molecule has 9 heteroatoms. The highest BCUT2D eigenvalue weighted by Crippen LogP contribution is 2.39. The average molecular weight is 621 g/mol. The second-order valence-electron chi connectivity index (χ2n) is 11.3. The third-order valence-corrected chi connectivity index (χ3v) is 7.34. The van der Waals surface area contributed by atoms with Crippen molar-refractivity contribution in [2.24, 2.45) is 0 Å². The van der Waals surface area contributed by atoms with Gasteiger partial charge in [-0.1, -0.05) is 61.6 Å². The number of hydrogen-bond acceptors (Lipinski definition) is 6. The molecule has 0 heterocycles. The zero-order chi connectivity index (χ0) is 33.1. The largest absolute Gasteiger partial charge is 0.506 e. The Kier molecular flexibility index (Phi) is 11.6. The first-order chi connectivity index (χ1) is 22.1. The number of aryl methyl sites for hydroxylation is 3. The van der Waals surface area contributed by atoms with Gasteiger partial charge in [-0.3, -0.25) is 4.79 Å². The molecular formula is C37H40N4O5. The standard InChI is InChI=1S/C37H40N4O5/c1-5-6-7-8-9-34(46-33-19-12-25(3)20-26(33)4)36(43)40-31-21-32(42)30(22-35(31)45-29-17-10-24(2)11-18-29)41-37(44)39-28-15-13-27(23-38)14-16-28/h10-22,34,42H,5-9H2,1-4H3,(H,40,43)(H2,39,41,44). The normalized spacial score (nSPS) is 11.2. The van der Waals surface area contributed by atoms with E-state index in [1.807, 2.05) is 57.2 Å². The number of amides is 3. The molecule has 4 aromatic rings. The van der Waals surface area contributed by atoms with E-state index in [-0.39, 0.29) is 28.8 Å². The van der Waals surface area contributed by atoms with Crippen LogP contribution in [-0.2, 0) is 4.79 Å². The van der Waals surface area contributed by atoms with Crippen LogP contribution >= 0.6 is 0 Å². The van der Waals surface area contributed by atoms with Gasteiger partial charge in [0.05, 0.1) is 23.0 Å². The zero-order valence-electron chi connectivity index (χ0n) is 26.6. The van der Waals surface area contributed by atoms with Crippen molar-refractivity contribution in [1.82, 2.24) is 0 Å². The number of nitriles is 1. The summed E-state index contributed by atoms with van der Waals surface area (Å²) in [7, 11) is 0. The number of carbonyl (C=O) groups is 2. The lowest BCUT2D eigenvalue weighted by atomic mass is 10.1. The van der Waals surface area contributed by atoms with Crippen LogP contribution in [0.25, 0.3) is 0 Å². The third-order valence-electron chi connectivity index (χ3n) is 7.34. The summed E-state index contributed by atoms with van der Waals surface area (Å²) in [5, 5.41) is 28.1. The molecule has 4 N–H and O–H groups in total. The maximum atomic E-state index is 13.8. The molecule has 1 unspecified atom stereocenters. The first kappa shape index (κ1) is 33.4. The molecule has 46 heavy (non-hydrogen) atoms. The summed E-state index contributed by atoms with van der Waals surface area (Å²) in [5.41, 5.74) is 4.27. The van der Waals surface area contributed by atoms with E-state index in [0.717, 1.165) is 42.4 Å². The highest BCUT2D eigenvalue weighted by atomic mass is 16.5. The van der Waals surface area contributed by atoms with Gasteiger partial charge in [0.1, 0.15) is 17.2 Å². The highest BCUT2D eigenvalue weighted by Gasteiger charge is 2.24.